The highest BCUT2D eigenvalue weighted by atomic mass is 19.1. The van der Waals surface area contributed by atoms with Gasteiger partial charge in [0.1, 0.15) is 5.82 Å². The molecule has 0 unspecified atom stereocenters. The summed E-state index contributed by atoms with van der Waals surface area (Å²) in [7, 11) is 0. The minimum Gasteiger partial charge on any atom is -0.348 e. The molecule has 2 N–H and O–H groups in total. The van der Waals surface area contributed by atoms with Crippen molar-refractivity contribution in [2.75, 3.05) is 11.9 Å². The molecule has 0 aliphatic rings. The summed E-state index contributed by atoms with van der Waals surface area (Å²) in [5, 5.41) is 4.90. The van der Waals surface area contributed by atoms with E-state index in [-0.39, 0.29) is 11.6 Å². The molecule has 28 heavy (non-hydrogen) atoms. The van der Waals surface area contributed by atoms with Crippen LogP contribution in [0.15, 0.2) is 84.9 Å². The van der Waals surface area contributed by atoms with Crippen molar-refractivity contribution in [3.05, 3.63) is 102 Å². The quantitative estimate of drug-likeness (QED) is 0.636. The molecule has 0 fully saturated rings. The summed E-state index contributed by atoms with van der Waals surface area (Å²) >= 11 is 0. The largest absolute Gasteiger partial charge is 0.348 e. The lowest BCUT2D eigenvalue weighted by Crippen LogP contribution is -2.36. The number of amides is 2. The summed E-state index contributed by atoms with van der Waals surface area (Å²) in [6, 6.07) is 25.7. The van der Waals surface area contributed by atoms with E-state index in [9.17, 15) is 14.0 Å². The van der Waals surface area contributed by atoms with Crippen LogP contribution >= 0.6 is 0 Å². The van der Waals surface area contributed by atoms with E-state index in [1.165, 1.54) is 18.2 Å². The van der Waals surface area contributed by atoms with Crippen molar-refractivity contribution in [3.63, 3.8) is 0 Å². The molecule has 4 nitrogen and oxygen atoms in total. The molecule has 0 radical (unpaired) electrons. The zero-order chi connectivity index (χ0) is 19.8. The molecule has 0 saturated carbocycles. The number of carbonyl (C=O) groups is 2. The number of rotatable bonds is 6. The average Bonchev–Trinajstić information content (AvgIpc) is 2.74. The van der Waals surface area contributed by atoms with Crippen molar-refractivity contribution < 1.29 is 14.0 Å². The lowest BCUT2D eigenvalue weighted by atomic mass is 9.88. The first-order valence-electron chi connectivity index (χ1n) is 9.09. The maximum Gasteiger partial charge on any atom is 0.313 e. The van der Waals surface area contributed by atoms with E-state index in [4.69, 9.17) is 0 Å². The van der Waals surface area contributed by atoms with Gasteiger partial charge in [-0.3, -0.25) is 9.59 Å². The number of benzene rings is 3. The average molecular weight is 376 g/mol. The van der Waals surface area contributed by atoms with E-state index in [1.54, 1.807) is 6.07 Å². The van der Waals surface area contributed by atoms with Gasteiger partial charge in [-0.25, -0.2) is 4.39 Å². The van der Waals surface area contributed by atoms with Crippen molar-refractivity contribution in [2.24, 2.45) is 0 Å². The van der Waals surface area contributed by atoms with Gasteiger partial charge in [-0.15, -0.1) is 0 Å². The van der Waals surface area contributed by atoms with Gasteiger partial charge in [0.05, 0.1) is 5.69 Å². The fourth-order valence-electron chi connectivity index (χ4n) is 3.05. The van der Waals surface area contributed by atoms with E-state index in [0.717, 1.165) is 11.1 Å². The Bertz CT molecular complexity index is 890. The van der Waals surface area contributed by atoms with E-state index in [1.807, 2.05) is 60.7 Å². The van der Waals surface area contributed by atoms with Crippen molar-refractivity contribution in [2.45, 2.75) is 12.3 Å². The molecule has 2 amide bonds. The summed E-state index contributed by atoms with van der Waals surface area (Å²) in [5.74, 6) is -2.17. The van der Waals surface area contributed by atoms with Crippen molar-refractivity contribution >= 4 is 17.5 Å². The third kappa shape index (κ3) is 5.04. The molecular formula is C23H21FN2O2. The predicted octanol–water partition coefficient (Wildman–Crippen LogP) is 4.10. The van der Waals surface area contributed by atoms with Crippen LogP contribution in [0, 0.1) is 5.82 Å². The Hall–Kier alpha value is -3.47. The molecule has 0 atom stereocenters. The van der Waals surface area contributed by atoms with Gasteiger partial charge >= 0.3 is 11.8 Å². The normalized spacial score (nSPS) is 10.5. The first kappa shape index (κ1) is 19.3. The Kier molecular flexibility index (Phi) is 6.52. The smallest absolute Gasteiger partial charge is 0.313 e. The van der Waals surface area contributed by atoms with Gasteiger partial charge in [0.25, 0.3) is 0 Å². The summed E-state index contributed by atoms with van der Waals surface area (Å²) in [6.07, 6.45) is 0.632. The molecule has 3 rings (SSSR count). The standard InChI is InChI=1S/C23H21FN2O2/c24-20-13-7-8-14-21(20)26-23(28)22(27)25-16-15-19(17-9-3-1-4-10-17)18-11-5-2-6-12-18/h1-14,19H,15-16H2,(H,25,27)(H,26,28). The van der Waals surface area contributed by atoms with Crippen LogP contribution in [0.25, 0.3) is 0 Å². The number of hydrogen-bond acceptors (Lipinski definition) is 2. The first-order chi connectivity index (χ1) is 13.6. The van der Waals surface area contributed by atoms with Gasteiger partial charge in [-0.05, 0) is 29.7 Å². The van der Waals surface area contributed by atoms with E-state index in [2.05, 4.69) is 10.6 Å². The lowest BCUT2D eigenvalue weighted by molar-refractivity contribution is -0.136. The number of hydrogen-bond donors (Lipinski definition) is 2. The van der Waals surface area contributed by atoms with Crippen LogP contribution < -0.4 is 10.6 Å². The zero-order valence-corrected chi connectivity index (χ0v) is 15.3. The van der Waals surface area contributed by atoms with E-state index in [0.29, 0.717) is 13.0 Å². The first-order valence-corrected chi connectivity index (χ1v) is 9.09. The highest BCUT2D eigenvalue weighted by Gasteiger charge is 2.17. The lowest BCUT2D eigenvalue weighted by Gasteiger charge is -2.18. The molecule has 3 aromatic carbocycles. The maximum atomic E-state index is 13.6. The molecule has 0 bridgehead atoms. The molecular weight excluding hydrogens is 355 g/mol. The molecule has 3 aromatic rings. The second kappa shape index (κ2) is 9.46. The Morgan fingerprint density at radius 3 is 1.86 bits per heavy atom. The zero-order valence-electron chi connectivity index (χ0n) is 15.3. The third-order valence-corrected chi connectivity index (χ3v) is 4.45. The minimum absolute atomic E-state index is 0.0194. The van der Waals surface area contributed by atoms with Gasteiger partial charge in [0.2, 0.25) is 0 Å². The second-order valence-electron chi connectivity index (χ2n) is 6.35. The van der Waals surface area contributed by atoms with Gasteiger partial charge in [-0.2, -0.15) is 0 Å². The highest BCUT2D eigenvalue weighted by Crippen LogP contribution is 2.27. The highest BCUT2D eigenvalue weighted by molar-refractivity contribution is 6.39. The molecule has 0 aromatic heterocycles. The number of para-hydroxylation sites is 1. The molecule has 0 spiro atoms. The van der Waals surface area contributed by atoms with Crippen molar-refractivity contribution in [1.29, 1.82) is 0 Å². The van der Waals surface area contributed by atoms with Gasteiger partial charge in [-0.1, -0.05) is 72.8 Å². The van der Waals surface area contributed by atoms with Gasteiger partial charge in [0.15, 0.2) is 0 Å². The summed E-state index contributed by atoms with van der Waals surface area (Å²) in [4.78, 5) is 24.1. The predicted molar refractivity (Wildman–Crippen MR) is 107 cm³/mol. The third-order valence-electron chi connectivity index (χ3n) is 4.45. The van der Waals surface area contributed by atoms with Crippen LogP contribution in [-0.2, 0) is 9.59 Å². The van der Waals surface area contributed by atoms with E-state index >= 15 is 0 Å². The second-order valence-corrected chi connectivity index (χ2v) is 6.35. The van der Waals surface area contributed by atoms with Gasteiger partial charge in [0, 0.05) is 12.5 Å². The van der Waals surface area contributed by atoms with Crippen LogP contribution in [0.2, 0.25) is 0 Å². The maximum absolute atomic E-state index is 13.6. The number of anilines is 1. The Labute approximate surface area is 163 Å². The topological polar surface area (TPSA) is 58.2 Å². The summed E-state index contributed by atoms with van der Waals surface area (Å²) in [6.45, 7) is 0.317. The number of halogens is 1. The minimum atomic E-state index is -0.888. The molecule has 0 saturated heterocycles. The number of nitrogens with one attached hydrogen (secondary N) is 2. The Balaban J connectivity index is 1.60. The molecule has 0 aliphatic carbocycles. The van der Waals surface area contributed by atoms with E-state index < -0.39 is 17.6 Å². The molecule has 0 heterocycles. The van der Waals surface area contributed by atoms with Crippen LogP contribution in [0.5, 0.6) is 0 Å². The summed E-state index contributed by atoms with van der Waals surface area (Å²) in [5.41, 5.74) is 2.26. The molecule has 142 valence electrons. The fraction of sp³-hybridized carbons (Fsp3) is 0.130. The monoisotopic (exact) mass is 376 g/mol. The number of carbonyl (C=O) groups excluding carboxylic acids is 2. The SMILES string of the molecule is O=C(NCCC(c1ccccc1)c1ccccc1)C(=O)Nc1ccccc1F. The fourth-order valence-corrected chi connectivity index (χ4v) is 3.05. The Morgan fingerprint density at radius 2 is 1.29 bits per heavy atom. The molecule has 5 heteroatoms. The van der Waals surface area contributed by atoms with Crippen LogP contribution in [0.1, 0.15) is 23.5 Å². The molecule has 0 aliphatic heterocycles. The summed E-state index contributed by atoms with van der Waals surface area (Å²) < 4.78 is 13.6. The van der Waals surface area contributed by atoms with Gasteiger partial charge < -0.3 is 10.6 Å². The Morgan fingerprint density at radius 1 is 0.750 bits per heavy atom. The van der Waals surface area contributed by atoms with Crippen LogP contribution in [0.3, 0.4) is 0 Å². The van der Waals surface area contributed by atoms with Crippen molar-refractivity contribution in [3.8, 4) is 0 Å². The van der Waals surface area contributed by atoms with Crippen LogP contribution in [0.4, 0.5) is 10.1 Å². The van der Waals surface area contributed by atoms with Crippen LogP contribution in [-0.4, -0.2) is 18.4 Å². The van der Waals surface area contributed by atoms with Crippen molar-refractivity contribution in [1.82, 2.24) is 5.32 Å².